The van der Waals surface area contributed by atoms with Gasteiger partial charge in [-0.1, -0.05) is 0 Å². The van der Waals surface area contributed by atoms with Crippen LogP contribution in [-0.2, 0) is 5.54 Å². The fraction of sp³-hybridized carbons (Fsp3) is 0.333. The molecule has 1 aliphatic heterocycles. The lowest BCUT2D eigenvalue weighted by Crippen LogP contribution is -2.44. The lowest BCUT2D eigenvalue weighted by atomic mass is 9.96. The molecule has 7 heteroatoms. The van der Waals surface area contributed by atoms with Crippen LogP contribution in [0.25, 0.3) is 0 Å². The molecular weight excluding hydrogens is 323 g/mol. The Hall–Kier alpha value is -2.83. The molecular formula is C18H19FN4O2. The molecule has 130 valence electrons. The molecule has 1 aromatic heterocycles. The van der Waals surface area contributed by atoms with Crippen LogP contribution in [0.1, 0.15) is 52.1 Å². The van der Waals surface area contributed by atoms with Crippen LogP contribution in [0.3, 0.4) is 0 Å². The number of nitrogens with zero attached hydrogens (tertiary/aromatic N) is 3. The van der Waals surface area contributed by atoms with Crippen molar-refractivity contribution in [3.05, 3.63) is 58.9 Å². The first-order valence-electron chi connectivity index (χ1n) is 8.05. The monoisotopic (exact) mass is 342 g/mol. The summed E-state index contributed by atoms with van der Waals surface area (Å²) in [6.45, 7) is 4.17. The van der Waals surface area contributed by atoms with E-state index in [0.29, 0.717) is 30.0 Å². The summed E-state index contributed by atoms with van der Waals surface area (Å²) >= 11 is 0. The second-order valence-electron chi connectivity index (χ2n) is 6.42. The quantitative estimate of drug-likeness (QED) is 0.926. The van der Waals surface area contributed by atoms with Gasteiger partial charge in [-0.05, 0) is 57.0 Å². The predicted octanol–water partition coefficient (Wildman–Crippen LogP) is 2.17. The smallest absolute Gasteiger partial charge is 0.267 e. The van der Waals surface area contributed by atoms with Crippen molar-refractivity contribution >= 4 is 11.8 Å². The largest absolute Gasteiger partial charge is 0.364 e. The topological polar surface area (TPSA) is 89.2 Å². The van der Waals surface area contributed by atoms with Gasteiger partial charge in [0.05, 0.1) is 0 Å². The van der Waals surface area contributed by atoms with Crippen LogP contribution in [0.5, 0.6) is 0 Å². The van der Waals surface area contributed by atoms with Crippen LogP contribution >= 0.6 is 0 Å². The van der Waals surface area contributed by atoms with Gasteiger partial charge in [0.1, 0.15) is 17.1 Å². The van der Waals surface area contributed by atoms with Crippen molar-refractivity contribution in [2.24, 2.45) is 5.73 Å². The number of aromatic nitrogens is 2. The number of primary amides is 1. The molecule has 0 aliphatic carbocycles. The van der Waals surface area contributed by atoms with E-state index in [0.717, 1.165) is 6.42 Å². The Labute approximate surface area is 144 Å². The summed E-state index contributed by atoms with van der Waals surface area (Å²) in [7, 11) is 0. The highest BCUT2D eigenvalue weighted by Crippen LogP contribution is 2.37. The maximum Gasteiger partial charge on any atom is 0.267 e. The molecule has 25 heavy (non-hydrogen) atoms. The number of hydrogen-bond acceptors (Lipinski definition) is 4. The second kappa shape index (κ2) is 6.23. The number of amides is 2. The maximum atomic E-state index is 13.1. The van der Waals surface area contributed by atoms with Crippen LogP contribution in [0, 0.1) is 12.7 Å². The van der Waals surface area contributed by atoms with Gasteiger partial charge in [-0.3, -0.25) is 9.59 Å². The lowest BCUT2D eigenvalue weighted by molar-refractivity contribution is 0.0603. The van der Waals surface area contributed by atoms with Gasteiger partial charge >= 0.3 is 0 Å². The average Bonchev–Trinajstić information content (AvgIpc) is 2.97. The molecule has 6 nitrogen and oxygen atoms in total. The normalized spacial score (nSPS) is 19.9. The van der Waals surface area contributed by atoms with E-state index in [1.165, 1.54) is 30.3 Å². The first-order chi connectivity index (χ1) is 11.8. The number of rotatable bonds is 3. The fourth-order valence-corrected chi connectivity index (χ4v) is 3.21. The summed E-state index contributed by atoms with van der Waals surface area (Å²) in [4.78, 5) is 34.8. The molecule has 1 fully saturated rings. The van der Waals surface area contributed by atoms with E-state index in [1.54, 1.807) is 11.8 Å². The van der Waals surface area contributed by atoms with Crippen molar-refractivity contribution in [1.82, 2.24) is 14.9 Å². The molecule has 0 saturated carbocycles. The van der Waals surface area contributed by atoms with Crippen LogP contribution in [0.2, 0.25) is 0 Å². The van der Waals surface area contributed by atoms with Gasteiger partial charge in [0.15, 0.2) is 5.82 Å². The predicted molar refractivity (Wildman–Crippen MR) is 89.3 cm³/mol. The first kappa shape index (κ1) is 17.0. The number of aryl methyl sites for hydroxylation is 1. The molecule has 3 rings (SSSR count). The Morgan fingerprint density at radius 2 is 1.92 bits per heavy atom. The third kappa shape index (κ3) is 3.09. The third-order valence-corrected chi connectivity index (χ3v) is 4.57. The van der Waals surface area contributed by atoms with Gasteiger partial charge in [0, 0.05) is 17.8 Å². The minimum Gasteiger partial charge on any atom is -0.364 e. The number of likely N-dealkylation sites (tertiary alicyclic amines) is 1. The molecule has 2 aromatic rings. The SMILES string of the molecule is Cc1cc(C(N)=O)nc([C@]2(C)CCCN2C(=O)c2ccc(F)cc2)n1. The van der Waals surface area contributed by atoms with E-state index in [-0.39, 0.29) is 11.6 Å². The van der Waals surface area contributed by atoms with Crippen molar-refractivity contribution in [2.45, 2.75) is 32.2 Å². The highest BCUT2D eigenvalue weighted by atomic mass is 19.1. The highest BCUT2D eigenvalue weighted by Gasteiger charge is 2.44. The summed E-state index contributed by atoms with van der Waals surface area (Å²) < 4.78 is 13.1. The van der Waals surface area contributed by atoms with Gasteiger partial charge in [-0.15, -0.1) is 0 Å². The minimum absolute atomic E-state index is 0.129. The average molecular weight is 342 g/mol. The molecule has 0 unspecified atom stereocenters. The number of carbonyl (C=O) groups is 2. The Bertz CT molecular complexity index is 837. The standard InChI is InChI=1S/C18H19FN4O2/c1-11-10-14(15(20)24)22-17(21-11)18(2)8-3-9-23(18)16(25)12-4-6-13(19)7-5-12/h4-7,10H,3,8-9H2,1-2H3,(H2,20,24)/t18-/m0/s1. The molecule has 1 aliphatic rings. The van der Waals surface area contributed by atoms with Gasteiger partial charge in [0.25, 0.3) is 11.8 Å². The lowest BCUT2D eigenvalue weighted by Gasteiger charge is -2.34. The van der Waals surface area contributed by atoms with Crippen LogP contribution in [0.15, 0.2) is 30.3 Å². The van der Waals surface area contributed by atoms with E-state index >= 15 is 0 Å². The van der Waals surface area contributed by atoms with Gasteiger partial charge < -0.3 is 10.6 Å². The second-order valence-corrected chi connectivity index (χ2v) is 6.42. The van der Waals surface area contributed by atoms with E-state index < -0.39 is 17.3 Å². The molecule has 1 aromatic carbocycles. The van der Waals surface area contributed by atoms with E-state index in [1.807, 2.05) is 6.92 Å². The minimum atomic E-state index is -0.748. The number of halogens is 1. The summed E-state index contributed by atoms with van der Waals surface area (Å²) in [5.41, 5.74) is 5.74. The highest BCUT2D eigenvalue weighted by molar-refractivity contribution is 5.95. The van der Waals surface area contributed by atoms with Crippen LogP contribution < -0.4 is 5.73 Å². The Balaban J connectivity index is 2.01. The molecule has 2 N–H and O–H groups in total. The van der Waals surface area contributed by atoms with E-state index in [4.69, 9.17) is 5.73 Å². The van der Waals surface area contributed by atoms with Gasteiger partial charge in [-0.2, -0.15) is 0 Å². The van der Waals surface area contributed by atoms with E-state index in [9.17, 15) is 14.0 Å². The molecule has 0 radical (unpaired) electrons. The third-order valence-electron chi connectivity index (χ3n) is 4.57. The molecule has 2 amide bonds. The van der Waals surface area contributed by atoms with Crippen molar-refractivity contribution in [1.29, 1.82) is 0 Å². The first-order valence-corrected chi connectivity index (χ1v) is 8.05. The van der Waals surface area contributed by atoms with Crippen LogP contribution in [-0.4, -0.2) is 33.2 Å². The number of hydrogen-bond donors (Lipinski definition) is 1. The number of carbonyl (C=O) groups excluding carboxylic acids is 2. The van der Waals surface area contributed by atoms with Gasteiger partial charge in [-0.25, -0.2) is 14.4 Å². The summed E-state index contributed by atoms with van der Waals surface area (Å²) in [6, 6.07) is 6.96. The summed E-state index contributed by atoms with van der Waals surface area (Å²) in [5.74, 6) is -0.849. The zero-order valence-electron chi connectivity index (χ0n) is 14.1. The zero-order chi connectivity index (χ0) is 18.2. The van der Waals surface area contributed by atoms with Crippen molar-refractivity contribution in [3.63, 3.8) is 0 Å². The Morgan fingerprint density at radius 1 is 1.24 bits per heavy atom. The Morgan fingerprint density at radius 3 is 2.56 bits per heavy atom. The zero-order valence-corrected chi connectivity index (χ0v) is 14.1. The van der Waals surface area contributed by atoms with Crippen LogP contribution in [0.4, 0.5) is 4.39 Å². The van der Waals surface area contributed by atoms with E-state index in [2.05, 4.69) is 9.97 Å². The van der Waals surface area contributed by atoms with Crippen molar-refractivity contribution < 1.29 is 14.0 Å². The molecule has 0 bridgehead atoms. The number of benzene rings is 1. The van der Waals surface area contributed by atoms with Gasteiger partial charge in [0.2, 0.25) is 0 Å². The molecule has 1 atom stereocenters. The van der Waals surface area contributed by atoms with Crippen molar-refractivity contribution in [2.75, 3.05) is 6.54 Å². The molecule has 0 spiro atoms. The maximum absolute atomic E-state index is 13.1. The fourth-order valence-electron chi connectivity index (χ4n) is 3.21. The summed E-state index contributed by atoms with van der Waals surface area (Å²) in [6.07, 6.45) is 1.45. The molecule has 2 heterocycles. The summed E-state index contributed by atoms with van der Waals surface area (Å²) in [5, 5.41) is 0. The van der Waals surface area contributed by atoms with Crippen molar-refractivity contribution in [3.8, 4) is 0 Å². The molecule has 1 saturated heterocycles. The Kier molecular flexibility index (Phi) is 4.24. The number of nitrogens with two attached hydrogens (primary N) is 1.